The monoisotopic (exact) mass is 569 g/mol. The SMILES string of the molecule is COc1cc(C)c(S(=O)(=O)N(Cc2ccc3c(c2)OCO3)[C@H](CNC(=O)c2ccc(C)cc2)C(=O)NO)c(C)c1. The number of amides is 2. The first-order valence-electron chi connectivity index (χ1n) is 12.4. The highest BCUT2D eigenvalue weighted by molar-refractivity contribution is 7.89. The van der Waals surface area contributed by atoms with Crippen LogP contribution in [0.2, 0.25) is 0 Å². The van der Waals surface area contributed by atoms with Gasteiger partial charge in [-0.1, -0.05) is 23.8 Å². The van der Waals surface area contributed by atoms with Gasteiger partial charge in [-0.2, -0.15) is 4.31 Å². The van der Waals surface area contributed by atoms with E-state index in [-0.39, 0.29) is 18.2 Å². The standard InChI is InChI=1S/C28H31N3O8S/c1-17-5-8-21(9-6-17)27(32)29-14-23(28(33)30-34)31(15-20-7-10-24-25(13-20)39-16-38-24)40(35,36)26-18(2)11-22(37-4)12-19(26)3/h5-13,23,34H,14-16H2,1-4H3,(H,29,32)(H,30,33)/t23-/m1/s1. The molecule has 3 aromatic carbocycles. The number of nitrogens with one attached hydrogen (secondary N) is 2. The quantitative estimate of drug-likeness (QED) is 0.250. The molecule has 1 aliphatic heterocycles. The Morgan fingerprint density at radius 1 is 1.00 bits per heavy atom. The summed E-state index contributed by atoms with van der Waals surface area (Å²) in [5, 5.41) is 12.2. The molecule has 0 spiro atoms. The molecule has 1 heterocycles. The number of rotatable bonds is 10. The van der Waals surface area contributed by atoms with Crippen LogP contribution in [0, 0.1) is 20.8 Å². The molecule has 0 unspecified atom stereocenters. The van der Waals surface area contributed by atoms with Crippen LogP contribution in [0.3, 0.4) is 0 Å². The number of hydrogen-bond donors (Lipinski definition) is 3. The van der Waals surface area contributed by atoms with Gasteiger partial charge in [-0.25, -0.2) is 13.9 Å². The average molecular weight is 570 g/mol. The fourth-order valence-corrected chi connectivity index (χ4v) is 6.52. The van der Waals surface area contributed by atoms with Gasteiger partial charge in [0.1, 0.15) is 11.8 Å². The maximum Gasteiger partial charge on any atom is 0.263 e. The molecule has 1 aliphatic rings. The third kappa shape index (κ3) is 6.03. The van der Waals surface area contributed by atoms with Crippen LogP contribution in [0.15, 0.2) is 59.5 Å². The van der Waals surface area contributed by atoms with Gasteiger partial charge in [0.2, 0.25) is 16.8 Å². The average Bonchev–Trinajstić information content (AvgIpc) is 3.40. The molecule has 11 nitrogen and oxygen atoms in total. The molecule has 0 saturated carbocycles. The van der Waals surface area contributed by atoms with E-state index in [9.17, 15) is 23.2 Å². The van der Waals surface area contributed by atoms with Gasteiger partial charge in [-0.05, 0) is 73.9 Å². The molecule has 3 aromatic rings. The second-order valence-electron chi connectivity index (χ2n) is 9.40. The van der Waals surface area contributed by atoms with E-state index in [2.05, 4.69) is 5.32 Å². The Balaban J connectivity index is 1.76. The number of hydroxylamine groups is 1. The summed E-state index contributed by atoms with van der Waals surface area (Å²) in [6, 6.07) is 13.3. The number of aryl methyl sites for hydroxylation is 3. The first-order chi connectivity index (χ1) is 19.0. The van der Waals surface area contributed by atoms with E-state index in [1.165, 1.54) is 7.11 Å². The highest BCUT2D eigenvalue weighted by Gasteiger charge is 2.38. The van der Waals surface area contributed by atoms with Crippen molar-refractivity contribution in [2.24, 2.45) is 0 Å². The van der Waals surface area contributed by atoms with Crippen molar-refractivity contribution in [1.29, 1.82) is 0 Å². The lowest BCUT2D eigenvalue weighted by Gasteiger charge is -2.31. The molecule has 0 aliphatic carbocycles. The lowest BCUT2D eigenvalue weighted by Crippen LogP contribution is -2.54. The van der Waals surface area contributed by atoms with Crippen LogP contribution in [-0.2, 0) is 21.4 Å². The van der Waals surface area contributed by atoms with Crippen molar-refractivity contribution < 1.29 is 37.4 Å². The molecule has 0 radical (unpaired) electrons. The van der Waals surface area contributed by atoms with Crippen LogP contribution in [-0.4, -0.2) is 56.2 Å². The van der Waals surface area contributed by atoms with Gasteiger partial charge in [-0.15, -0.1) is 0 Å². The van der Waals surface area contributed by atoms with Crippen LogP contribution in [0.5, 0.6) is 17.2 Å². The number of nitrogens with zero attached hydrogens (tertiary/aromatic N) is 1. The second-order valence-corrected chi connectivity index (χ2v) is 11.2. The molecule has 212 valence electrons. The minimum absolute atomic E-state index is 0.0188. The van der Waals surface area contributed by atoms with E-state index in [0.29, 0.717) is 39.5 Å². The normalized spacial score (nSPS) is 13.2. The van der Waals surface area contributed by atoms with E-state index in [4.69, 9.17) is 14.2 Å². The van der Waals surface area contributed by atoms with Crippen molar-refractivity contribution in [3.8, 4) is 17.2 Å². The Morgan fingerprint density at radius 2 is 1.65 bits per heavy atom. The molecule has 12 heteroatoms. The third-order valence-corrected chi connectivity index (χ3v) is 8.70. The fourth-order valence-electron chi connectivity index (χ4n) is 4.53. The molecule has 0 fully saturated rings. The van der Waals surface area contributed by atoms with Gasteiger partial charge >= 0.3 is 0 Å². The summed E-state index contributed by atoms with van der Waals surface area (Å²) in [7, 11) is -2.91. The minimum Gasteiger partial charge on any atom is -0.497 e. The number of carbonyl (C=O) groups excluding carboxylic acids is 2. The maximum absolute atomic E-state index is 14.3. The summed E-state index contributed by atoms with van der Waals surface area (Å²) >= 11 is 0. The number of hydrogen-bond acceptors (Lipinski definition) is 8. The number of sulfonamides is 1. The number of methoxy groups -OCH3 is 1. The molecule has 1 atom stereocenters. The Kier molecular flexibility index (Phi) is 8.62. The van der Waals surface area contributed by atoms with E-state index in [1.807, 2.05) is 6.92 Å². The molecule has 0 saturated heterocycles. The lowest BCUT2D eigenvalue weighted by atomic mass is 10.1. The molecule has 2 amide bonds. The summed E-state index contributed by atoms with van der Waals surface area (Å²) in [6.07, 6.45) is 0. The largest absolute Gasteiger partial charge is 0.497 e. The lowest BCUT2D eigenvalue weighted by molar-refractivity contribution is -0.133. The van der Waals surface area contributed by atoms with Crippen molar-refractivity contribution in [1.82, 2.24) is 15.1 Å². The zero-order valence-corrected chi connectivity index (χ0v) is 23.4. The number of carbonyl (C=O) groups is 2. The van der Waals surface area contributed by atoms with Crippen molar-refractivity contribution >= 4 is 21.8 Å². The Hall–Kier alpha value is -4.13. The summed E-state index contributed by atoms with van der Waals surface area (Å²) in [6.45, 7) is 4.47. The molecule has 0 bridgehead atoms. The summed E-state index contributed by atoms with van der Waals surface area (Å²) < 4.78 is 45.6. The van der Waals surface area contributed by atoms with Crippen LogP contribution >= 0.6 is 0 Å². The van der Waals surface area contributed by atoms with E-state index in [1.54, 1.807) is 73.9 Å². The van der Waals surface area contributed by atoms with Crippen LogP contribution in [0.4, 0.5) is 0 Å². The van der Waals surface area contributed by atoms with Crippen molar-refractivity contribution in [3.05, 3.63) is 82.4 Å². The third-order valence-electron chi connectivity index (χ3n) is 6.54. The van der Waals surface area contributed by atoms with Crippen molar-refractivity contribution in [2.45, 2.75) is 38.3 Å². The summed E-state index contributed by atoms with van der Waals surface area (Å²) in [5.41, 5.74) is 4.15. The zero-order chi connectivity index (χ0) is 29.0. The highest BCUT2D eigenvalue weighted by Crippen LogP contribution is 2.35. The van der Waals surface area contributed by atoms with E-state index >= 15 is 0 Å². The van der Waals surface area contributed by atoms with Crippen LogP contribution in [0.25, 0.3) is 0 Å². The highest BCUT2D eigenvalue weighted by atomic mass is 32.2. The topological polar surface area (TPSA) is 144 Å². The van der Waals surface area contributed by atoms with Gasteiger partial charge in [0, 0.05) is 18.7 Å². The zero-order valence-electron chi connectivity index (χ0n) is 22.6. The van der Waals surface area contributed by atoms with Gasteiger partial charge < -0.3 is 19.5 Å². The van der Waals surface area contributed by atoms with Gasteiger partial charge in [-0.3, -0.25) is 14.8 Å². The maximum atomic E-state index is 14.3. The molecule has 40 heavy (non-hydrogen) atoms. The first kappa shape index (κ1) is 28.9. The minimum atomic E-state index is -4.39. The summed E-state index contributed by atoms with van der Waals surface area (Å²) in [4.78, 5) is 25.8. The van der Waals surface area contributed by atoms with Gasteiger partial charge in [0.25, 0.3) is 11.8 Å². The first-order valence-corrected chi connectivity index (χ1v) is 13.8. The number of benzene rings is 3. The molecule has 0 aromatic heterocycles. The second kappa shape index (κ2) is 11.9. The molecular formula is C28H31N3O8S. The van der Waals surface area contributed by atoms with Crippen LogP contribution in [0.1, 0.15) is 32.6 Å². The number of fused-ring (bicyclic) bond motifs is 1. The molecule has 4 rings (SSSR count). The Bertz CT molecular complexity index is 1500. The van der Waals surface area contributed by atoms with Crippen LogP contribution < -0.4 is 25.0 Å². The molecular weight excluding hydrogens is 538 g/mol. The Labute approximate surface area is 232 Å². The smallest absolute Gasteiger partial charge is 0.263 e. The number of ether oxygens (including phenoxy) is 3. The van der Waals surface area contributed by atoms with Crippen molar-refractivity contribution in [3.63, 3.8) is 0 Å². The van der Waals surface area contributed by atoms with E-state index in [0.717, 1.165) is 9.87 Å². The molecule has 3 N–H and O–H groups in total. The fraction of sp³-hybridized carbons (Fsp3) is 0.286. The predicted molar refractivity (Wildman–Crippen MR) is 145 cm³/mol. The Morgan fingerprint density at radius 3 is 2.27 bits per heavy atom. The van der Waals surface area contributed by atoms with Crippen molar-refractivity contribution in [2.75, 3.05) is 20.4 Å². The van der Waals surface area contributed by atoms with Gasteiger partial charge in [0.15, 0.2) is 11.5 Å². The predicted octanol–water partition coefficient (Wildman–Crippen LogP) is 2.84. The van der Waals surface area contributed by atoms with Gasteiger partial charge in [0.05, 0.1) is 12.0 Å². The summed E-state index contributed by atoms with van der Waals surface area (Å²) in [5.74, 6) is -0.103. The van der Waals surface area contributed by atoms with E-state index < -0.39 is 34.4 Å².